The van der Waals surface area contributed by atoms with Crippen LogP contribution in [0.25, 0.3) is 54.6 Å². The zero-order valence-corrected chi connectivity index (χ0v) is 23.7. The summed E-state index contributed by atoms with van der Waals surface area (Å²) >= 11 is 0. The van der Waals surface area contributed by atoms with Crippen molar-refractivity contribution in [2.24, 2.45) is 0 Å². The van der Waals surface area contributed by atoms with Gasteiger partial charge in [-0.1, -0.05) is 152 Å². The molecule has 0 aliphatic rings. The van der Waals surface area contributed by atoms with Crippen LogP contribution in [0.1, 0.15) is 0 Å². The van der Waals surface area contributed by atoms with Gasteiger partial charge >= 0.3 is 0 Å². The first-order valence-electron chi connectivity index (χ1n) is 14.8. The highest BCUT2D eigenvalue weighted by Gasteiger charge is 2.23. The van der Waals surface area contributed by atoms with E-state index in [4.69, 9.17) is 0 Å². The Morgan fingerprint density at radius 3 is 1.58 bits per heavy atom. The van der Waals surface area contributed by atoms with Gasteiger partial charge < -0.3 is 4.90 Å². The lowest BCUT2D eigenvalue weighted by molar-refractivity contribution is 1.31. The molecule has 0 aromatic heterocycles. The minimum atomic E-state index is 1.12. The SMILES string of the molecule is c1ccc(-c2cccc(N(c3ccc4ccccc4c3)c3c(-c4ccccc4)c4ccccc4c4ccccc34)c2)cc1. The summed E-state index contributed by atoms with van der Waals surface area (Å²) in [7, 11) is 0. The molecule has 0 aliphatic carbocycles. The van der Waals surface area contributed by atoms with Gasteiger partial charge in [0, 0.05) is 22.3 Å². The van der Waals surface area contributed by atoms with Crippen molar-refractivity contribution in [1.82, 2.24) is 0 Å². The molecule has 43 heavy (non-hydrogen) atoms. The highest BCUT2D eigenvalue weighted by Crippen LogP contribution is 2.49. The Balaban J connectivity index is 1.52. The van der Waals surface area contributed by atoms with Crippen LogP contribution in [0.3, 0.4) is 0 Å². The molecule has 0 N–H and O–H groups in total. The summed E-state index contributed by atoms with van der Waals surface area (Å²) in [6, 6.07) is 63.5. The van der Waals surface area contributed by atoms with E-state index in [9.17, 15) is 0 Å². The number of benzene rings is 8. The lowest BCUT2D eigenvalue weighted by Crippen LogP contribution is -2.12. The van der Waals surface area contributed by atoms with Crippen LogP contribution in [-0.2, 0) is 0 Å². The minimum absolute atomic E-state index is 1.12. The molecular formula is C42H29N. The number of fused-ring (bicyclic) bond motifs is 4. The third-order valence-electron chi connectivity index (χ3n) is 8.39. The van der Waals surface area contributed by atoms with Crippen LogP contribution in [0, 0.1) is 0 Å². The maximum absolute atomic E-state index is 2.47. The quantitative estimate of drug-likeness (QED) is 0.194. The van der Waals surface area contributed by atoms with E-state index in [-0.39, 0.29) is 0 Å². The van der Waals surface area contributed by atoms with Gasteiger partial charge in [0.1, 0.15) is 0 Å². The van der Waals surface area contributed by atoms with Gasteiger partial charge in [0.2, 0.25) is 0 Å². The molecule has 0 saturated heterocycles. The number of rotatable bonds is 5. The zero-order valence-electron chi connectivity index (χ0n) is 23.7. The average Bonchev–Trinajstić information content (AvgIpc) is 3.09. The van der Waals surface area contributed by atoms with Crippen molar-refractivity contribution in [3.05, 3.63) is 176 Å². The first kappa shape index (κ1) is 25.1. The number of hydrogen-bond acceptors (Lipinski definition) is 1. The van der Waals surface area contributed by atoms with E-state index in [1.165, 1.54) is 60.3 Å². The third-order valence-corrected chi connectivity index (χ3v) is 8.39. The van der Waals surface area contributed by atoms with Gasteiger partial charge in [-0.25, -0.2) is 0 Å². The predicted molar refractivity (Wildman–Crippen MR) is 185 cm³/mol. The van der Waals surface area contributed by atoms with Crippen LogP contribution < -0.4 is 4.90 Å². The van der Waals surface area contributed by atoms with Gasteiger partial charge in [0.25, 0.3) is 0 Å². The summed E-state index contributed by atoms with van der Waals surface area (Å²) in [5.41, 5.74) is 8.25. The van der Waals surface area contributed by atoms with Crippen molar-refractivity contribution in [2.45, 2.75) is 0 Å². The summed E-state index contributed by atoms with van der Waals surface area (Å²) in [4.78, 5) is 2.47. The number of hydrogen-bond donors (Lipinski definition) is 0. The smallest absolute Gasteiger partial charge is 0.0624 e. The van der Waals surface area contributed by atoms with E-state index in [1.54, 1.807) is 0 Å². The Kier molecular flexibility index (Phi) is 6.20. The summed E-state index contributed by atoms with van der Waals surface area (Å²) in [6.45, 7) is 0. The van der Waals surface area contributed by atoms with Crippen LogP contribution in [0.5, 0.6) is 0 Å². The lowest BCUT2D eigenvalue weighted by Gasteiger charge is -2.31. The molecule has 0 fully saturated rings. The fourth-order valence-corrected chi connectivity index (χ4v) is 6.43. The van der Waals surface area contributed by atoms with Crippen molar-refractivity contribution in [2.75, 3.05) is 4.90 Å². The highest BCUT2D eigenvalue weighted by atomic mass is 15.1. The van der Waals surface area contributed by atoms with Crippen molar-refractivity contribution < 1.29 is 0 Å². The Morgan fingerprint density at radius 1 is 0.302 bits per heavy atom. The maximum atomic E-state index is 2.47. The molecule has 1 nitrogen and oxygen atoms in total. The lowest BCUT2D eigenvalue weighted by atomic mass is 9.90. The second-order valence-electron chi connectivity index (χ2n) is 11.0. The molecule has 8 rings (SSSR count). The fourth-order valence-electron chi connectivity index (χ4n) is 6.43. The van der Waals surface area contributed by atoms with Gasteiger partial charge in [-0.15, -0.1) is 0 Å². The highest BCUT2D eigenvalue weighted by molar-refractivity contribution is 6.22. The van der Waals surface area contributed by atoms with Gasteiger partial charge in [0.15, 0.2) is 0 Å². The summed E-state index contributed by atoms with van der Waals surface area (Å²) in [5.74, 6) is 0. The van der Waals surface area contributed by atoms with Crippen LogP contribution in [-0.4, -0.2) is 0 Å². The number of anilines is 3. The average molecular weight is 548 g/mol. The summed E-state index contributed by atoms with van der Waals surface area (Å²) in [6.07, 6.45) is 0. The van der Waals surface area contributed by atoms with Crippen molar-refractivity contribution in [3.8, 4) is 22.3 Å². The Morgan fingerprint density at radius 2 is 0.837 bits per heavy atom. The molecule has 0 atom stereocenters. The Bertz CT molecular complexity index is 2230. The number of nitrogens with zero attached hydrogens (tertiary/aromatic N) is 1. The summed E-state index contributed by atoms with van der Waals surface area (Å²) in [5, 5.41) is 7.42. The molecule has 8 aromatic carbocycles. The molecule has 0 saturated carbocycles. The first-order valence-corrected chi connectivity index (χ1v) is 14.8. The van der Waals surface area contributed by atoms with Gasteiger partial charge in [-0.2, -0.15) is 0 Å². The van der Waals surface area contributed by atoms with Crippen molar-refractivity contribution in [1.29, 1.82) is 0 Å². The molecule has 0 radical (unpaired) electrons. The molecule has 1 heteroatoms. The van der Waals surface area contributed by atoms with Crippen LogP contribution >= 0.6 is 0 Å². The summed E-state index contributed by atoms with van der Waals surface area (Å²) < 4.78 is 0. The van der Waals surface area contributed by atoms with E-state index in [0.29, 0.717) is 0 Å². The second-order valence-corrected chi connectivity index (χ2v) is 11.0. The Labute approximate surface area is 251 Å². The van der Waals surface area contributed by atoms with Crippen LogP contribution in [0.4, 0.5) is 17.1 Å². The molecule has 0 spiro atoms. The molecule has 8 aromatic rings. The molecule has 202 valence electrons. The first-order chi connectivity index (χ1) is 21.3. The molecule has 0 bridgehead atoms. The standard InChI is InChI=1S/C42H29N/c1-3-14-30(15-4-1)34-20-13-21-35(28-34)43(36-27-26-31-16-7-8-19-33(31)29-36)42-40-25-12-10-23-38(40)37-22-9-11-24-39(37)41(42)32-17-5-2-6-18-32/h1-29H. The van der Waals surface area contributed by atoms with Crippen molar-refractivity contribution >= 4 is 49.4 Å². The molecule has 0 heterocycles. The minimum Gasteiger partial charge on any atom is -0.309 e. The topological polar surface area (TPSA) is 3.24 Å². The van der Waals surface area contributed by atoms with Gasteiger partial charge in [-0.3, -0.25) is 0 Å². The van der Waals surface area contributed by atoms with E-state index < -0.39 is 0 Å². The van der Waals surface area contributed by atoms with Crippen LogP contribution in [0.2, 0.25) is 0 Å². The van der Waals surface area contributed by atoms with E-state index in [2.05, 4.69) is 181 Å². The largest absolute Gasteiger partial charge is 0.309 e. The Hall–Kier alpha value is -5.66. The predicted octanol–water partition coefficient (Wildman–Crippen LogP) is 11.9. The van der Waals surface area contributed by atoms with Gasteiger partial charge in [0.05, 0.1) is 5.69 Å². The fraction of sp³-hybridized carbons (Fsp3) is 0. The van der Waals surface area contributed by atoms with Crippen LogP contribution in [0.15, 0.2) is 176 Å². The van der Waals surface area contributed by atoms with Crippen molar-refractivity contribution in [3.63, 3.8) is 0 Å². The molecule has 0 aliphatic heterocycles. The van der Waals surface area contributed by atoms with Gasteiger partial charge in [-0.05, 0) is 67.9 Å². The molecule has 0 unspecified atom stereocenters. The normalized spacial score (nSPS) is 11.3. The van der Waals surface area contributed by atoms with E-state index >= 15 is 0 Å². The monoisotopic (exact) mass is 547 g/mol. The van der Waals surface area contributed by atoms with E-state index in [1.807, 2.05) is 0 Å². The zero-order chi connectivity index (χ0) is 28.6. The molecular weight excluding hydrogens is 518 g/mol. The van der Waals surface area contributed by atoms with E-state index in [0.717, 1.165) is 11.4 Å². The molecule has 0 amide bonds. The maximum Gasteiger partial charge on any atom is 0.0624 e. The second kappa shape index (κ2) is 10.6. The third kappa shape index (κ3) is 4.43.